The molecule has 3 aliphatic rings. The number of ether oxygens (including phenoxy) is 2. The van der Waals surface area contributed by atoms with Crippen molar-refractivity contribution in [1.29, 1.82) is 0 Å². The first-order valence-electron chi connectivity index (χ1n) is 11.2. The molecule has 0 aromatic rings. The lowest BCUT2D eigenvalue weighted by atomic mass is 9.51. The van der Waals surface area contributed by atoms with Gasteiger partial charge in [-0.1, -0.05) is 6.92 Å². The molecule has 0 bridgehead atoms. The van der Waals surface area contributed by atoms with Crippen LogP contribution < -0.4 is 0 Å². The number of esters is 1. The molecular weight excluding hydrogens is 368 g/mol. The number of fused-ring (bicyclic) bond motifs is 3. The second kappa shape index (κ2) is 7.79. The van der Waals surface area contributed by atoms with Gasteiger partial charge >= 0.3 is 5.97 Å². The molecule has 0 saturated heterocycles. The van der Waals surface area contributed by atoms with Gasteiger partial charge in [0.25, 0.3) is 0 Å². The Morgan fingerprint density at radius 1 is 1.17 bits per heavy atom. The van der Waals surface area contributed by atoms with Crippen molar-refractivity contribution in [3.05, 3.63) is 0 Å². The van der Waals surface area contributed by atoms with Gasteiger partial charge in [-0.15, -0.1) is 0 Å². The standard InChI is InChI=1S/C24H38O5/c1-15(25)9-12-24(21(27)28-6)14-17-16(13-19(24)26)10-11-23(5)18(17)7-8-20(23)29-22(2,3)4/h16-18,20H,7-14H2,1-6H3/t16-,17-,18+,20?,23+,24?/m0/s1. The zero-order valence-corrected chi connectivity index (χ0v) is 19.0. The SMILES string of the molecule is COC(=O)C1(CCC(C)=O)C[C@H]2[C@@H](CC[C@@]3(C)C(OC(C)(C)C)CC[C@H]23)CC1=O. The fraction of sp³-hybridized carbons (Fsp3) is 0.875. The Balaban J connectivity index is 1.89. The lowest BCUT2D eigenvalue weighted by Crippen LogP contribution is -2.54. The van der Waals surface area contributed by atoms with Crippen molar-refractivity contribution in [3.8, 4) is 0 Å². The predicted molar refractivity (Wildman–Crippen MR) is 110 cm³/mol. The smallest absolute Gasteiger partial charge is 0.319 e. The molecule has 6 atom stereocenters. The Hall–Kier alpha value is -1.23. The number of carbonyl (C=O) groups is 3. The summed E-state index contributed by atoms with van der Waals surface area (Å²) in [6.45, 7) is 10.2. The summed E-state index contributed by atoms with van der Waals surface area (Å²) in [5.74, 6) is 0.639. The van der Waals surface area contributed by atoms with Crippen LogP contribution in [0.15, 0.2) is 0 Å². The molecule has 0 radical (unpaired) electrons. The quantitative estimate of drug-likeness (QED) is 0.496. The van der Waals surface area contributed by atoms with Crippen LogP contribution in [0.2, 0.25) is 0 Å². The highest BCUT2D eigenvalue weighted by atomic mass is 16.5. The first-order valence-corrected chi connectivity index (χ1v) is 11.2. The van der Waals surface area contributed by atoms with Gasteiger partial charge in [0.15, 0.2) is 0 Å². The topological polar surface area (TPSA) is 69.7 Å². The zero-order valence-electron chi connectivity index (χ0n) is 19.0. The third kappa shape index (κ3) is 4.04. The summed E-state index contributed by atoms with van der Waals surface area (Å²) >= 11 is 0. The van der Waals surface area contributed by atoms with Crippen LogP contribution >= 0.6 is 0 Å². The van der Waals surface area contributed by atoms with E-state index in [9.17, 15) is 14.4 Å². The van der Waals surface area contributed by atoms with Crippen molar-refractivity contribution in [2.45, 2.75) is 97.7 Å². The van der Waals surface area contributed by atoms with Crippen LogP contribution in [0.1, 0.15) is 86.0 Å². The maximum Gasteiger partial charge on any atom is 0.319 e. The lowest BCUT2D eigenvalue weighted by Gasteiger charge is -2.53. The highest BCUT2D eigenvalue weighted by Crippen LogP contribution is 2.62. The first-order chi connectivity index (χ1) is 13.4. The average molecular weight is 407 g/mol. The molecule has 3 fully saturated rings. The normalized spacial score (nSPS) is 39.6. The summed E-state index contributed by atoms with van der Waals surface area (Å²) in [6, 6.07) is 0. The van der Waals surface area contributed by atoms with Crippen LogP contribution in [0.5, 0.6) is 0 Å². The predicted octanol–water partition coefficient (Wildman–Crippen LogP) is 4.50. The Bertz CT molecular complexity index is 677. The molecule has 3 saturated carbocycles. The van der Waals surface area contributed by atoms with E-state index in [1.807, 2.05) is 0 Å². The summed E-state index contributed by atoms with van der Waals surface area (Å²) in [7, 11) is 1.35. The van der Waals surface area contributed by atoms with E-state index in [1.54, 1.807) is 0 Å². The average Bonchev–Trinajstić information content (AvgIpc) is 2.94. The molecule has 5 heteroatoms. The lowest BCUT2D eigenvalue weighted by molar-refractivity contribution is -0.170. The summed E-state index contributed by atoms with van der Waals surface area (Å²) in [5, 5.41) is 0. The minimum Gasteiger partial charge on any atom is -0.468 e. The van der Waals surface area contributed by atoms with E-state index in [0.29, 0.717) is 30.6 Å². The fourth-order valence-electron chi connectivity index (χ4n) is 6.58. The summed E-state index contributed by atoms with van der Waals surface area (Å²) in [6.07, 6.45) is 5.91. The number of ketones is 2. The maximum absolute atomic E-state index is 13.2. The van der Waals surface area contributed by atoms with E-state index in [0.717, 1.165) is 25.7 Å². The molecule has 0 amide bonds. The highest BCUT2D eigenvalue weighted by molar-refractivity contribution is 6.04. The monoisotopic (exact) mass is 406 g/mol. The van der Waals surface area contributed by atoms with Crippen molar-refractivity contribution < 1.29 is 23.9 Å². The van der Waals surface area contributed by atoms with Gasteiger partial charge in [-0.05, 0) is 89.4 Å². The third-order valence-electron chi connectivity index (χ3n) is 8.04. The number of hydrogen-bond acceptors (Lipinski definition) is 5. The Kier molecular flexibility index (Phi) is 6.03. The molecular formula is C24H38O5. The van der Waals surface area contributed by atoms with Crippen molar-refractivity contribution >= 4 is 17.5 Å². The molecule has 0 N–H and O–H groups in total. The van der Waals surface area contributed by atoms with E-state index in [2.05, 4.69) is 27.7 Å². The Morgan fingerprint density at radius 3 is 2.45 bits per heavy atom. The summed E-state index contributed by atoms with van der Waals surface area (Å²) in [5.41, 5.74) is -1.25. The zero-order chi connectivity index (χ0) is 21.6. The van der Waals surface area contributed by atoms with E-state index < -0.39 is 11.4 Å². The van der Waals surface area contributed by atoms with Gasteiger partial charge in [0.05, 0.1) is 18.8 Å². The van der Waals surface area contributed by atoms with Crippen LogP contribution in [0, 0.1) is 28.6 Å². The maximum atomic E-state index is 13.2. The van der Waals surface area contributed by atoms with Gasteiger partial charge in [-0.25, -0.2) is 0 Å². The summed E-state index contributed by atoms with van der Waals surface area (Å²) in [4.78, 5) is 37.7. The van der Waals surface area contributed by atoms with Crippen LogP contribution in [0.3, 0.4) is 0 Å². The molecule has 3 aliphatic carbocycles. The highest BCUT2D eigenvalue weighted by Gasteiger charge is 2.61. The van der Waals surface area contributed by atoms with Gasteiger partial charge in [-0.2, -0.15) is 0 Å². The molecule has 0 aromatic heterocycles. The molecule has 3 rings (SSSR count). The summed E-state index contributed by atoms with van der Waals surface area (Å²) < 4.78 is 11.6. The molecule has 0 spiro atoms. The van der Waals surface area contributed by atoms with Crippen molar-refractivity contribution in [2.24, 2.45) is 28.6 Å². The fourth-order valence-corrected chi connectivity index (χ4v) is 6.58. The number of carbonyl (C=O) groups excluding carboxylic acids is 3. The van der Waals surface area contributed by atoms with Crippen molar-refractivity contribution in [2.75, 3.05) is 7.11 Å². The second-order valence-electron chi connectivity index (χ2n) is 11.0. The molecule has 0 aromatic carbocycles. The molecule has 2 unspecified atom stereocenters. The number of Topliss-reactive ketones (excluding diaryl/α,β-unsaturated/α-hetero) is 2. The Morgan fingerprint density at radius 2 is 1.86 bits per heavy atom. The second-order valence-corrected chi connectivity index (χ2v) is 11.0. The van der Waals surface area contributed by atoms with Crippen LogP contribution in [0.4, 0.5) is 0 Å². The van der Waals surface area contributed by atoms with Crippen molar-refractivity contribution in [1.82, 2.24) is 0 Å². The number of hydrogen-bond donors (Lipinski definition) is 0. The van der Waals surface area contributed by atoms with Crippen LogP contribution in [-0.4, -0.2) is 36.4 Å². The van der Waals surface area contributed by atoms with E-state index in [1.165, 1.54) is 14.0 Å². The van der Waals surface area contributed by atoms with Gasteiger partial charge < -0.3 is 14.3 Å². The van der Waals surface area contributed by atoms with E-state index >= 15 is 0 Å². The van der Waals surface area contributed by atoms with E-state index in [-0.39, 0.29) is 41.5 Å². The molecule has 0 aliphatic heterocycles. The first kappa shape index (κ1) is 22.5. The third-order valence-corrected chi connectivity index (χ3v) is 8.04. The van der Waals surface area contributed by atoms with Crippen LogP contribution in [0.25, 0.3) is 0 Å². The van der Waals surface area contributed by atoms with Crippen molar-refractivity contribution in [3.63, 3.8) is 0 Å². The largest absolute Gasteiger partial charge is 0.468 e. The molecule has 29 heavy (non-hydrogen) atoms. The minimum absolute atomic E-state index is 0.0104. The molecule has 5 nitrogen and oxygen atoms in total. The van der Waals surface area contributed by atoms with Gasteiger partial charge in [0, 0.05) is 12.8 Å². The molecule has 164 valence electrons. The van der Waals surface area contributed by atoms with E-state index in [4.69, 9.17) is 9.47 Å². The number of rotatable bonds is 5. The minimum atomic E-state index is -1.15. The van der Waals surface area contributed by atoms with Gasteiger partial charge in [-0.3, -0.25) is 9.59 Å². The van der Waals surface area contributed by atoms with Gasteiger partial charge in [0.2, 0.25) is 0 Å². The number of methoxy groups -OCH3 is 1. The van der Waals surface area contributed by atoms with Crippen LogP contribution in [-0.2, 0) is 23.9 Å². The van der Waals surface area contributed by atoms with Gasteiger partial charge in [0.1, 0.15) is 17.0 Å². The molecule has 0 heterocycles. The Labute approximate surface area is 175 Å².